The molecule has 3 nitrogen and oxygen atoms in total. The van der Waals surface area contributed by atoms with Gasteiger partial charge in [-0.05, 0) is 31.7 Å². The lowest BCUT2D eigenvalue weighted by Crippen LogP contribution is -2.26. The number of carbonyl (C=O) groups excluding carboxylic acids is 1. The second kappa shape index (κ2) is 9.19. The van der Waals surface area contributed by atoms with Crippen LogP contribution < -0.4 is 11.1 Å². The molecule has 0 aromatic rings. The second-order valence-corrected chi connectivity index (χ2v) is 4.46. The monoisotopic (exact) mass is 268 g/mol. The molecule has 0 rings (SSSR count). The molecular weight excluding hydrogens is 245 g/mol. The third-order valence-corrected chi connectivity index (χ3v) is 2.89. The second-order valence-electron chi connectivity index (χ2n) is 4.46. The van der Waals surface area contributed by atoms with E-state index in [-0.39, 0.29) is 18.9 Å². The van der Waals surface area contributed by atoms with E-state index in [1.165, 1.54) is 0 Å². The van der Waals surface area contributed by atoms with Gasteiger partial charge in [-0.3, -0.25) is 4.79 Å². The van der Waals surface area contributed by atoms with Gasteiger partial charge < -0.3 is 11.1 Å². The van der Waals surface area contributed by atoms with Crippen molar-refractivity contribution in [2.24, 2.45) is 11.7 Å². The van der Waals surface area contributed by atoms with Crippen LogP contribution in [0, 0.1) is 5.92 Å². The number of nitrogens with two attached hydrogens (primary N) is 1. The number of hydrogen-bond donors (Lipinski definition) is 2. The minimum absolute atomic E-state index is 0.0603. The molecule has 0 aromatic carbocycles. The molecule has 108 valence electrons. The van der Waals surface area contributed by atoms with Crippen molar-refractivity contribution >= 4 is 5.91 Å². The Labute approximate surface area is 106 Å². The average Bonchev–Trinajstić information content (AvgIpc) is 2.29. The molecule has 0 aliphatic heterocycles. The molecule has 0 heterocycles. The molecule has 0 radical (unpaired) electrons. The maximum atomic E-state index is 11.8. The lowest BCUT2D eigenvalue weighted by atomic mass is 9.96. The van der Waals surface area contributed by atoms with Gasteiger partial charge in [-0.15, -0.1) is 0 Å². The summed E-state index contributed by atoms with van der Waals surface area (Å²) in [6, 6.07) is 0. The Morgan fingerprint density at radius 1 is 1.33 bits per heavy atom. The van der Waals surface area contributed by atoms with Crippen LogP contribution in [0.25, 0.3) is 0 Å². The largest absolute Gasteiger partial charge is 0.389 e. The molecule has 0 aliphatic rings. The van der Waals surface area contributed by atoms with E-state index in [2.05, 4.69) is 5.32 Å². The zero-order chi connectivity index (χ0) is 14.0. The first-order valence-corrected chi connectivity index (χ1v) is 6.42. The first-order chi connectivity index (χ1) is 8.39. The van der Waals surface area contributed by atoms with Crippen LogP contribution in [-0.4, -0.2) is 25.2 Å². The van der Waals surface area contributed by atoms with Crippen molar-refractivity contribution in [2.75, 3.05) is 13.1 Å². The quantitative estimate of drug-likeness (QED) is 0.631. The summed E-state index contributed by atoms with van der Waals surface area (Å²) in [5, 5.41) is 2.51. The minimum Gasteiger partial charge on any atom is -0.356 e. The van der Waals surface area contributed by atoms with Crippen molar-refractivity contribution < 1.29 is 18.0 Å². The maximum Gasteiger partial charge on any atom is 0.389 e. The van der Waals surface area contributed by atoms with Crippen LogP contribution in [0.2, 0.25) is 0 Å². The maximum absolute atomic E-state index is 11.8. The van der Waals surface area contributed by atoms with Crippen LogP contribution in [0.1, 0.15) is 45.4 Å². The molecular formula is C12H23F3N2O. The molecule has 1 unspecified atom stereocenters. The van der Waals surface area contributed by atoms with Crippen LogP contribution in [0.15, 0.2) is 0 Å². The highest BCUT2D eigenvalue weighted by atomic mass is 19.4. The van der Waals surface area contributed by atoms with E-state index in [0.29, 0.717) is 18.9 Å². The van der Waals surface area contributed by atoms with Gasteiger partial charge in [0.05, 0.1) is 0 Å². The summed E-state index contributed by atoms with van der Waals surface area (Å²) in [6.45, 7) is 2.74. The predicted octanol–water partition coefficient (Wildman–Crippen LogP) is 2.60. The van der Waals surface area contributed by atoms with Crippen LogP contribution in [-0.2, 0) is 4.79 Å². The summed E-state index contributed by atoms with van der Waals surface area (Å²) in [6.07, 6.45) is -2.08. The van der Waals surface area contributed by atoms with Crippen molar-refractivity contribution in [3.63, 3.8) is 0 Å². The molecule has 0 bridgehead atoms. The number of hydrogen-bond acceptors (Lipinski definition) is 2. The smallest absolute Gasteiger partial charge is 0.356 e. The van der Waals surface area contributed by atoms with E-state index in [0.717, 1.165) is 19.3 Å². The van der Waals surface area contributed by atoms with Crippen molar-refractivity contribution in [3.8, 4) is 0 Å². The number of nitrogens with one attached hydrogen (secondary N) is 1. The van der Waals surface area contributed by atoms with Crippen LogP contribution in [0.5, 0.6) is 0 Å². The average molecular weight is 268 g/mol. The lowest BCUT2D eigenvalue weighted by molar-refractivity contribution is -0.136. The highest BCUT2D eigenvalue weighted by Gasteiger charge is 2.25. The predicted molar refractivity (Wildman–Crippen MR) is 65.0 cm³/mol. The zero-order valence-electron chi connectivity index (χ0n) is 10.9. The summed E-state index contributed by atoms with van der Waals surface area (Å²) in [5.74, 6) is 0.253. The molecule has 18 heavy (non-hydrogen) atoms. The summed E-state index contributed by atoms with van der Waals surface area (Å²) in [7, 11) is 0. The Balaban J connectivity index is 3.59. The van der Waals surface area contributed by atoms with E-state index < -0.39 is 12.6 Å². The molecule has 3 N–H and O–H groups in total. The Bertz CT molecular complexity index is 232. The summed E-state index contributed by atoms with van der Waals surface area (Å²) in [4.78, 5) is 11.4. The molecule has 1 amide bonds. The SMILES string of the molecule is CCC(CCN)CCC(=O)NCCCC(F)(F)F. The first-order valence-electron chi connectivity index (χ1n) is 6.42. The third kappa shape index (κ3) is 10.4. The van der Waals surface area contributed by atoms with Crippen molar-refractivity contribution in [3.05, 3.63) is 0 Å². The Morgan fingerprint density at radius 2 is 2.00 bits per heavy atom. The van der Waals surface area contributed by atoms with Crippen molar-refractivity contribution in [1.29, 1.82) is 0 Å². The van der Waals surface area contributed by atoms with Gasteiger partial charge in [0, 0.05) is 19.4 Å². The fourth-order valence-corrected chi connectivity index (χ4v) is 1.73. The number of rotatable bonds is 9. The molecule has 0 aromatic heterocycles. The number of halogens is 3. The van der Waals surface area contributed by atoms with Gasteiger partial charge in [0.15, 0.2) is 0 Å². The van der Waals surface area contributed by atoms with Gasteiger partial charge in [0.25, 0.3) is 0 Å². The van der Waals surface area contributed by atoms with Crippen LogP contribution in [0.4, 0.5) is 13.2 Å². The first kappa shape index (κ1) is 17.2. The van der Waals surface area contributed by atoms with E-state index >= 15 is 0 Å². The van der Waals surface area contributed by atoms with Crippen LogP contribution >= 0.6 is 0 Å². The summed E-state index contributed by atoms with van der Waals surface area (Å²) >= 11 is 0. The molecule has 0 aliphatic carbocycles. The van der Waals surface area contributed by atoms with Gasteiger partial charge in [-0.2, -0.15) is 13.2 Å². The van der Waals surface area contributed by atoms with Gasteiger partial charge in [-0.1, -0.05) is 13.3 Å². The number of alkyl halides is 3. The fraction of sp³-hybridized carbons (Fsp3) is 0.917. The van der Waals surface area contributed by atoms with E-state index in [9.17, 15) is 18.0 Å². The highest BCUT2D eigenvalue weighted by Crippen LogP contribution is 2.20. The van der Waals surface area contributed by atoms with E-state index in [4.69, 9.17) is 5.73 Å². The fourth-order valence-electron chi connectivity index (χ4n) is 1.73. The van der Waals surface area contributed by atoms with Gasteiger partial charge in [-0.25, -0.2) is 0 Å². The normalized spacial score (nSPS) is 13.4. The van der Waals surface area contributed by atoms with Crippen LogP contribution in [0.3, 0.4) is 0 Å². The molecule has 0 saturated heterocycles. The summed E-state index contributed by atoms with van der Waals surface area (Å²) in [5.41, 5.74) is 5.44. The highest BCUT2D eigenvalue weighted by molar-refractivity contribution is 5.75. The van der Waals surface area contributed by atoms with Gasteiger partial charge >= 0.3 is 6.18 Å². The molecule has 1 atom stereocenters. The molecule has 0 fully saturated rings. The van der Waals surface area contributed by atoms with Crippen molar-refractivity contribution in [1.82, 2.24) is 5.32 Å². The molecule has 6 heteroatoms. The van der Waals surface area contributed by atoms with Crippen molar-refractivity contribution in [2.45, 2.75) is 51.6 Å². The third-order valence-electron chi connectivity index (χ3n) is 2.89. The number of amides is 1. The van der Waals surface area contributed by atoms with E-state index in [1.54, 1.807) is 0 Å². The van der Waals surface area contributed by atoms with E-state index in [1.807, 2.05) is 6.92 Å². The Morgan fingerprint density at radius 3 is 2.50 bits per heavy atom. The molecule has 0 spiro atoms. The van der Waals surface area contributed by atoms with Gasteiger partial charge in [0.1, 0.15) is 0 Å². The Kier molecular flexibility index (Phi) is 8.79. The lowest BCUT2D eigenvalue weighted by Gasteiger charge is -2.13. The number of carbonyl (C=O) groups is 1. The topological polar surface area (TPSA) is 55.1 Å². The Hall–Kier alpha value is -0.780. The zero-order valence-corrected chi connectivity index (χ0v) is 10.9. The minimum atomic E-state index is -4.14. The molecule has 0 saturated carbocycles. The standard InChI is InChI=1S/C12H23F3N2O/c1-2-10(6-8-16)4-5-11(18)17-9-3-7-12(13,14)15/h10H,2-9,16H2,1H3,(H,17,18). The van der Waals surface area contributed by atoms with Gasteiger partial charge in [0.2, 0.25) is 5.91 Å². The summed E-state index contributed by atoms with van der Waals surface area (Å²) < 4.78 is 35.5.